The molecule has 4 heterocycles. The monoisotopic (exact) mass is 434 g/mol. The third-order valence-electron chi connectivity index (χ3n) is 5.68. The number of halogens is 1. The van der Waals surface area contributed by atoms with Gasteiger partial charge in [-0.1, -0.05) is 0 Å². The second kappa shape index (κ2) is 7.56. The number of carbonyl (C=O) groups excluding carboxylic acids is 1. The molecule has 0 bridgehead atoms. The molecule has 0 saturated carbocycles. The van der Waals surface area contributed by atoms with Crippen LogP contribution >= 0.6 is 0 Å². The van der Waals surface area contributed by atoms with E-state index in [0.717, 1.165) is 5.69 Å². The van der Waals surface area contributed by atoms with Crippen LogP contribution in [0.2, 0.25) is 0 Å². The van der Waals surface area contributed by atoms with E-state index in [4.69, 9.17) is 0 Å². The molecule has 0 fully saturated rings. The van der Waals surface area contributed by atoms with E-state index >= 15 is 0 Å². The van der Waals surface area contributed by atoms with Gasteiger partial charge >= 0.3 is 5.69 Å². The minimum absolute atomic E-state index is 0.143. The van der Waals surface area contributed by atoms with E-state index in [1.807, 2.05) is 11.5 Å². The van der Waals surface area contributed by atoms with Crippen LogP contribution < -0.4 is 11.2 Å². The molecule has 3 aromatic heterocycles. The smallest absolute Gasteiger partial charge is 0.331 e. The maximum absolute atomic E-state index is 13.3. The van der Waals surface area contributed by atoms with Crippen molar-refractivity contribution in [2.45, 2.75) is 33.1 Å². The van der Waals surface area contributed by atoms with Crippen LogP contribution in [0.5, 0.6) is 0 Å². The molecule has 0 unspecified atom stereocenters. The van der Waals surface area contributed by atoms with Gasteiger partial charge in [-0.3, -0.25) is 14.2 Å². The quantitative estimate of drug-likeness (QED) is 0.484. The van der Waals surface area contributed by atoms with Crippen molar-refractivity contribution in [2.24, 2.45) is 0 Å². The Labute approximate surface area is 181 Å². The topological polar surface area (TPSA) is 94.5 Å². The molecule has 1 aromatic carbocycles. The van der Waals surface area contributed by atoms with E-state index < -0.39 is 5.69 Å². The van der Waals surface area contributed by atoms with E-state index in [-0.39, 0.29) is 36.9 Å². The first-order valence-electron chi connectivity index (χ1n) is 10.2. The van der Waals surface area contributed by atoms with Gasteiger partial charge in [-0.2, -0.15) is 9.61 Å². The summed E-state index contributed by atoms with van der Waals surface area (Å²) in [6.45, 7) is 2.79. The van der Waals surface area contributed by atoms with Crippen molar-refractivity contribution in [1.29, 1.82) is 0 Å². The summed E-state index contributed by atoms with van der Waals surface area (Å²) < 4.78 is 17.8. The number of nitrogens with zero attached hydrogens (tertiary/aromatic N) is 6. The van der Waals surface area contributed by atoms with Gasteiger partial charge in [0.25, 0.3) is 5.56 Å². The number of aryl methyl sites for hydroxylation is 1. The van der Waals surface area contributed by atoms with Crippen molar-refractivity contribution < 1.29 is 9.18 Å². The van der Waals surface area contributed by atoms with Crippen molar-refractivity contribution in [3.05, 3.63) is 86.7 Å². The van der Waals surface area contributed by atoms with Crippen LogP contribution in [0.25, 0.3) is 16.9 Å². The summed E-state index contributed by atoms with van der Waals surface area (Å²) >= 11 is 0. The van der Waals surface area contributed by atoms with Crippen LogP contribution in [-0.2, 0) is 31.0 Å². The van der Waals surface area contributed by atoms with Crippen LogP contribution in [0.3, 0.4) is 0 Å². The number of rotatable bonds is 4. The first-order valence-corrected chi connectivity index (χ1v) is 10.2. The number of fused-ring (bicyclic) bond motifs is 2. The average molecular weight is 434 g/mol. The number of benzene rings is 1. The molecule has 1 aliphatic heterocycles. The van der Waals surface area contributed by atoms with Crippen LogP contribution in [0.1, 0.15) is 18.2 Å². The van der Waals surface area contributed by atoms with Crippen molar-refractivity contribution in [1.82, 2.24) is 28.6 Å². The lowest BCUT2D eigenvalue weighted by Crippen LogP contribution is -2.34. The van der Waals surface area contributed by atoms with Gasteiger partial charge in [0.1, 0.15) is 18.0 Å². The molecule has 0 radical (unpaired) electrons. The van der Waals surface area contributed by atoms with Gasteiger partial charge < -0.3 is 9.47 Å². The molecule has 5 rings (SSSR count). The van der Waals surface area contributed by atoms with Crippen LogP contribution in [0.15, 0.2) is 58.4 Å². The Balaban J connectivity index is 1.52. The molecule has 10 heteroatoms. The Bertz CT molecular complexity index is 1470. The molecular formula is C22H19FN6O3. The average Bonchev–Trinajstić information content (AvgIpc) is 3.42. The fourth-order valence-corrected chi connectivity index (χ4v) is 4.08. The zero-order valence-corrected chi connectivity index (χ0v) is 17.2. The molecule has 0 atom stereocenters. The second-order valence-electron chi connectivity index (χ2n) is 7.56. The Hall–Kier alpha value is -4.08. The third kappa shape index (κ3) is 3.20. The van der Waals surface area contributed by atoms with Crippen LogP contribution in [-0.4, -0.2) is 34.5 Å². The Morgan fingerprint density at radius 2 is 1.94 bits per heavy atom. The molecule has 0 N–H and O–H groups in total. The highest BCUT2D eigenvalue weighted by molar-refractivity contribution is 5.76. The predicted molar refractivity (Wildman–Crippen MR) is 113 cm³/mol. The molecular weight excluding hydrogens is 415 g/mol. The lowest BCUT2D eigenvalue weighted by molar-refractivity contribution is -0.132. The van der Waals surface area contributed by atoms with E-state index in [9.17, 15) is 18.8 Å². The fourth-order valence-electron chi connectivity index (χ4n) is 4.08. The largest absolute Gasteiger partial charge is 0.347 e. The minimum atomic E-state index is -0.502. The van der Waals surface area contributed by atoms with Crippen LogP contribution in [0, 0.1) is 5.82 Å². The SMILES string of the molecule is CCn1c2c(c(=O)n3nc(-c4ccc(F)cc4)cc13)CN(C(=O)Cn1cccnc1=O)C2. The van der Waals surface area contributed by atoms with Gasteiger partial charge in [0.15, 0.2) is 0 Å². The molecule has 0 saturated heterocycles. The number of hydrogen-bond donors (Lipinski definition) is 0. The van der Waals surface area contributed by atoms with Gasteiger partial charge in [0.2, 0.25) is 5.91 Å². The summed E-state index contributed by atoms with van der Waals surface area (Å²) in [6.07, 6.45) is 2.88. The zero-order valence-electron chi connectivity index (χ0n) is 17.2. The minimum Gasteiger partial charge on any atom is -0.331 e. The highest BCUT2D eigenvalue weighted by atomic mass is 19.1. The van der Waals surface area contributed by atoms with Crippen molar-refractivity contribution >= 4 is 11.6 Å². The van der Waals surface area contributed by atoms with Crippen molar-refractivity contribution in [3.63, 3.8) is 0 Å². The van der Waals surface area contributed by atoms with Gasteiger partial charge in [-0.25, -0.2) is 14.2 Å². The van der Waals surface area contributed by atoms with E-state index in [0.29, 0.717) is 29.0 Å². The summed E-state index contributed by atoms with van der Waals surface area (Å²) in [7, 11) is 0. The molecule has 0 spiro atoms. The fraction of sp³-hybridized carbons (Fsp3) is 0.227. The summed E-state index contributed by atoms with van der Waals surface area (Å²) in [5, 5.41) is 4.45. The van der Waals surface area contributed by atoms with E-state index in [2.05, 4.69) is 10.1 Å². The van der Waals surface area contributed by atoms with Gasteiger partial charge in [0.05, 0.1) is 24.3 Å². The second-order valence-corrected chi connectivity index (χ2v) is 7.56. The molecule has 1 amide bonds. The maximum atomic E-state index is 13.3. The molecule has 0 aliphatic carbocycles. The zero-order chi connectivity index (χ0) is 22.4. The van der Waals surface area contributed by atoms with Gasteiger partial charge in [-0.05, 0) is 37.3 Å². The molecule has 4 aromatic rings. The summed E-state index contributed by atoms with van der Waals surface area (Å²) in [5.74, 6) is -0.620. The first kappa shape index (κ1) is 19.9. The highest BCUT2D eigenvalue weighted by Gasteiger charge is 2.30. The van der Waals surface area contributed by atoms with E-state index in [1.165, 1.54) is 33.6 Å². The standard InChI is InChI=1S/C22H19FN6O3/c1-2-28-18-12-27(20(30)13-26-9-3-8-24-22(26)32)11-16(18)21(31)29-19(28)10-17(25-29)14-4-6-15(23)7-5-14/h3-10H,2,11-13H2,1H3. The Morgan fingerprint density at radius 3 is 2.66 bits per heavy atom. The van der Waals surface area contributed by atoms with Gasteiger partial charge in [0, 0.05) is 36.3 Å². The molecule has 32 heavy (non-hydrogen) atoms. The Kier molecular flexibility index (Phi) is 4.69. The molecule has 162 valence electrons. The highest BCUT2D eigenvalue weighted by Crippen LogP contribution is 2.25. The maximum Gasteiger partial charge on any atom is 0.347 e. The summed E-state index contributed by atoms with van der Waals surface area (Å²) in [4.78, 5) is 43.1. The van der Waals surface area contributed by atoms with Crippen molar-refractivity contribution in [2.75, 3.05) is 0 Å². The number of amides is 1. The lowest BCUT2D eigenvalue weighted by atomic mass is 10.1. The van der Waals surface area contributed by atoms with Gasteiger partial charge in [-0.15, -0.1) is 0 Å². The predicted octanol–water partition coefficient (Wildman–Crippen LogP) is 1.42. The summed E-state index contributed by atoms with van der Waals surface area (Å²) in [5.41, 5.74) is 2.34. The number of carbonyl (C=O) groups is 1. The third-order valence-corrected chi connectivity index (χ3v) is 5.68. The number of aromatic nitrogens is 5. The lowest BCUT2D eigenvalue weighted by Gasteiger charge is -2.16. The Morgan fingerprint density at radius 1 is 1.16 bits per heavy atom. The van der Waals surface area contributed by atoms with E-state index in [1.54, 1.807) is 29.2 Å². The first-order chi connectivity index (χ1) is 15.5. The summed E-state index contributed by atoms with van der Waals surface area (Å²) in [6, 6.07) is 9.31. The normalized spacial score (nSPS) is 13.0. The molecule has 1 aliphatic rings. The number of hydrogen-bond acceptors (Lipinski definition) is 5. The van der Waals surface area contributed by atoms with Crippen LogP contribution in [0.4, 0.5) is 4.39 Å². The molecule has 9 nitrogen and oxygen atoms in total. The van der Waals surface area contributed by atoms with Crippen molar-refractivity contribution in [3.8, 4) is 11.3 Å².